The van der Waals surface area contributed by atoms with Crippen LogP contribution in [0.1, 0.15) is 32.6 Å². The number of nitrogens with zero attached hydrogens (tertiary/aromatic N) is 1. The maximum Gasteiger partial charge on any atom is 0.262 e. The van der Waals surface area contributed by atoms with Crippen molar-refractivity contribution >= 4 is 37.3 Å². The fourth-order valence-corrected chi connectivity index (χ4v) is 5.52. The summed E-state index contributed by atoms with van der Waals surface area (Å²) >= 11 is 0. The van der Waals surface area contributed by atoms with Gasteiger partial charge >= 0.3 is 0 Å². The van der Waals surface area contributed by atoms with Gasteiger partial charge < -0.3 is 5.32 Å². The highest BCUT2D eigenvalue weighted by molar-refractivity contribution is 7.92. The van der Waals surface area contributed by atoms with E-state index in [1.807, 2.05) is 0 Å². The highest BCUT2D eigenvalue weighted by Crippen LogP contribution is 2.20. The summed E-state index contributed by atoms with van der Waals surface area (Å²) in [6.07, 6.45) is 3.27. The van der Waals surface area contributed by atoms with Crippen LogP contribution in [-0.4, -0.2) is 40.4 Å². The summed E-state index contributed by atoms with van der Waals surface area (Å²) in [7, 11) is -7.98. The number of rotatable bonds is 6. The minimum absolute atomic E-state index is 0.0868. The molecule has 1 atom stereocenters. The molecule has 0 saturated carbocycles. The molecule has 0 spiro atoms. The fraction of sp³-hybridized carbons (Fsp3) is 0.333. The van der Waals surface area contributed by atoms with E-state index >= 15 is 0 Å². The number of carbonyl (C=O) groups is 1. The summed E-state index contributed by atoms with van der Waals surface area (Å²) in [6.45, 7) is 1.77. The normalized spacial score (nSPS) is 15.9. The maximum atomic E-state index is 13.1. The number of halogens is 1. The summed E-state index contributed by atoms with van der Waals surface area (Å²) in [5.41, 5.74) is 0.127. The zero-order valence-electron chi connectivity index (χ0n) is 17.4. The van der Waals surface area contributed by atoms with Crippen LogP contribution in [0.2, 0.25) is 0 Å². The van der Waals surface area contributed by atoms with Gasteiger partial charge in [-0.2, -0.15) is 0 Å². The molecule has 0 radical (unpaired) electrons. The number of amidine groups is 1. The van der Waals surface area contributed by atoms with Crippen LogP contribution >= 0.6 is 0 Å². The Morgan fingerprint density at radius 2 is 1.72 bits per heavy atom. The van der Waals surface area contributed by atoms with Crippen LogP contribution in [0.3, 0.4) is 0 Å². The first-order valence-corrected chi connectivity index (χ1v) is 13.1. The van der Waals surface area contributed by atoms with Gasteiger partial charge in [-0.1, -0.05) is 12.5 Å². The van der Waals surface area contributed by atoms with E-state index in [0.717, 1.165) is 43.5 Å². The summed E-state index contributed by atoms with van der Waals surface area (Å²) in [5, 5.41) is 0.961. The SMILES string of the molecule is CC(C(=O)Nc1cccc(S(=O)(=O)NC2=NCCCCC2)c1)S(=O)(=O)c1ccc(F)cc1. The Hall–Kier alpha value is -2.79. The van der Waals surface area contributed by atoms with Gasteiger partial charge in [-0.25, -0.2) is 21.2 Å². The van der Waals surface area contributed by atoms with E-state index in [9.17, 15) is 26.0 Å². The maximum absolute atomic E-state index is 13.1. The van der Waals surface area contributed by atoms with Crippen LogP contribution in [0.5, 0.6) is 0 Å². The zero-order valence-corrected chi connectivity index (χ0v) is 19.0. The van der Waals surface area contributed by atoms with E-state index < -0.39 is 36.8 Å². The van der Waals surface area contributed by atoms with Crippen LogP contribution in [0.15, 0.2) is 63.3 Å². The van der Waals surface area contributed by atoms with Gasteiger partial charge in [-0.15, -0.1) is 0 Å². The second-order valence-corrected chi connectivity index (χ2v) is 11.4. The van der Waals surface area contributed by atoms with Crippen molar-refractivity contribution in [1.29, 1.82) is 0 Å². The number of sulfone groups is 1. The quantitative estimate of drug-likeness (QED) is 0.615. The lowest BCUT2D eigenvalue weighted by Gasteiger charge is -2.14. The van der Waals surface area contributed by atoms with Crippen molar-refractivity contribution in [2.45, 2.75) is 47.6 Å². The third kappa shape index (κ3) is 5.71. The first-order valence-electron chi connectivity index (χ1n) is 10.1. The van der Waals surface area contributed by atoms with Gasteiger partial charge in [0.15, 0.2) is 9.84 Å². The molecule has 0 saturated heterocycles. The van der Waals surface area contributed by atoms with Crippen LogP contribution in [0, 0.1) is 5.82 Å². The predicted molar refractivity (Wildman–Crippen MR) is 119 cm³/mol. The van der Waals surface area contributed by atoms with Crippen molar-refractivity contribution in [1.82, 2.24) is 4.72 Å². The molecule has 1 unspecified atom stereocenters. The third-order valence-corrected chi connectivity index (χ3v) is 8.47. The van der Waals surface area contributed by atoms with E-state index in [1.165, 1.54) is 31.2 Å². The molecule has 1 aliphatic rings. The minimum atomic E-state index is -4.06. The van der Waals surface area contributed by atoms with Crippen molar-refractivity contribution < 1.29 is 26.0 Å². The molecule has 2 N–H and O–H groups in total. The predicted octanol–water partition coefficient (Wildman–Crippen LogP) is 2.88. The van der Waals surface area contributed by atoms with Gasteiger partial charge in [0.2, 0.25) is 5.91 Å². The fourth-order valence-electron chi connectivity index (χ4n) is 3.13. The average Bonchev–Trinajstić information content (AvgIpc) is 3.02. The molecule has 0 fully saturated rings. The molecular weight excluding hydrogens is 457 g/mol. The van der Waals surface area contributed by atoms with E-state index in [-0.39, 0.29) is 15.5 Å². The van der Waals surface area contributed by atoms with Gasteiger partial charge in [0.1, 0.15) is 16.9 Å². The van der Waals surface area contributed by atoms with Crippen LogP contribution < -0.4 is 10.0 Å². The highest BCUT2D eigenvalue weighted by atomic mass is 32.2. The number of carbonyl (C=O) groups excluding carboxylic acids is 1. The summed E-state index contributed by atoms with van der Waals surface area (Å²) in [6, 6.07) is 9.68. The third-order valence-electron chi connectivity index (χ3n) is 5.02. The van der Waals surface area contributed by atoms with Crippen LogP contribution in [0.4, 0.5) is 10.1 Å². The van der Waals surface area contributed by atoms with Crippen molar-refractivity contribution in [2.24, 2.45) is 4.99 Å². The molecule has 0 aromatic heterocycles. The lowest BCUT2D eigenvalue weighted by atomic mass is 10.2. The van der Waals surface area contributed by atoms with E-state index in [2.05, 4.69) is 15.0 Å². The number of hydrogen-bond acceptors (Lipinski definition) is 6. The number of benzene rings is 2. The van der Waals surface area contributed by atoms with Crippen LogP contribution in [-0.2, 0) is 24.7 Å². The number of aliphatic imine (C=N–C) groups is 1. The first-order chi connectivity index (χ1) is 15.1. The van der Waals surface area contributed by atoms with Gasteiger partial charge in [-0.05, 0) is 62.2 Å². The van der Waals surface area contributed by atoms with Crippen molar-refractivity contribution in [3.05, 3.63) is 54.3 Å². The molecule has 0 bridgehead atoms. The zero-order chi connectivity index (χ0) is 23.4. The highest BCUT2D eigenvalue weighted by Gasteiger charge is 2.30. The van der Waals surface area contributed by atoms with Gasteiger partial charge in [-0.3, -0.25) is 14.5 Å². The minimum Gasteiger partial charge on any atom is -0.325 e. The average molecular weight is 482 g/mol. The summed E-state index contributed by atoms with van der Waals surface area (Å²) in [4.78, 5) is 16.5. The molecule has 32 heavy (non-hydrogen) atoms. The molecule has 1 heterocycles. The number of anilines is 1. The van der Waals surface area contributed by atoms with Gasteiger partial charge in [0.05, 0.1) is 9.79 Å². The number of hydrogen-bond donors (Lipinski definition) is 2. The molecule has 1 aliphatic heterocycles. The van der Waals surface area contributed by atoms with E-state index in [1.54, 1.807) is 0 Å². The Kier molecular flexibility index (Phi) is 7.29. The number of amides is 1. The molecular formula is C21H24FN3O5S2. The molecule has 3 rings (SSSR count). The standard InChI is InChI=1S/C21H24FN3O5S2/c1-15(31(27,28)18-11-9-16(22)10-12-18)21(26)24-17-6-5-7-19(14-17)32(29,30)25-20-8-3-2-4-13-23-20/h5-7,9-12,14-15H,2-4,8,13H2,1H3,(H,23,25)(H,24,26). The molecule has 8 nitrogen and oxygen atoms in total. The summed E-state index contributed by atoms with van der Waals surface area (Å²) in [5.74, 6) is -1.04. The largest absolute Gasteiger partial charge is 0.325 e. The number of nitrogens with one attached hydrogen (secondary N) is 2. The van der Waals surface area contributed by atoms with Crippen molar-refractivity contribution in [2.75, 3.05) is 11.9 Å². The number of sulfonamides is 1. The van der Waals surface area contributed by atoms with Gasteiger partial charge in [0, 0.05) is 18.7 Å². The Bertz CT molecular complexity index is 1230. The smallest absolute Gasteiger partial charge is 0.262 e. The van der Waals surface area contributed by atoms with Crippen LogP contribution in [0.25, 0.3) is 0 Å². The molecule has 172 valence electrons. The Morgan fingerprint density at radius 3 is 2.44 bits per heavy atom. The second-order valence-electron chi connectivity index (χ2n) is 7.40. The van der Waals surface area contributed by atoms with Crippen molar-refractivity contribution in [3.63, 3.8) is 0 Å². The molecule has 2 aromatic rings. The first kappa shape index (κ1) is 23.9. The monoisotopic (exact) mass is 481 g/mol. The van der Waals surface area contributed by atoms with E-state index in [0.29, 0.717) is 18.8 Å². The molecule has 2 aromatic carbocycles. The molecule has 1 amide bonds. The Labute approximate surface area is 186 Å². The van der Waals surface area contributed by atoms with Gasteiger partial charge in [0.25, 0.3) is 10.0 Å². The topological polar surface area (TPSA) is 122 Å². The van der Waals surface area contributed by atoms with Crippen molar-refractivity contribution in [3.8, 4) is 0 Å². The Morgan fingerprint density at radius 1 is 1.00 bits per heavy atom. The molecule has 11 heteroatoms. The molecule has 0 aliphatic carbocycles. The Balaban J connectivity index is 1.75. The summed E-state index contributed by atoms with van der Waals surface area (Å²) < 4.78 is 66.3. The second kappa shape index (κ2) is 9.78. The van der Waals surface area contributed by atoms with E-state index in [4.69, 9.17) is 0 Å². The lowest BCUT2D eigenvalue weighted by molar-refractivity contribution is -0.115. The lowest BCUT2D eigenvalue weighted by Crippen LogP contribution is -2.33.